The van der Waals surface area contributed by atoms with Gasteiger partial charge in [-0.25, -0.2) is 0 Å². The van der Waals surface area contributed by atoms with Crippen LogP contribution in [0.5, 0.6) is 0 Å². The lowest BCUT2D eigenvalue weighted by Crippen LogP contribution is -2.22. The molecule has 0 radical (unpaired) electrons. The van der Waals surface area contributed by atoms with Crippen LogP contribution in [-0.2, 0) is 47.3 Å². The highest BCUT2D eigenvalue weighted by Crippen LogP contribution is 2.55. The van der Waals surface area contributed by atoms with E-state index in [2.05, 4.69) is 103 Å². The molecule has 0 spiro atoms. The smallest absolute Gasteiger partial charge is 0.0398 e. The van der Waals surface area contributed by atoms with Crippen molar-refractivity contribution in [1.82, 2.24) is 19.9 Å². The number of hydrogen-bond acceptors (Lipinski definition) is 0. The van der Waals surface area contributed by atoms with E-state index in [0.717, 1.165) is 0 Å². The minimum Gasteiger partial charge on any atom is -0.361 e. The molecule has 52 heavy (non-hydrogen) atoms. The van der Waals surface area contributed by atoms with E-state index < -0.39 is 0 Å². The predicted octanol–water partition coefficient (Wildman–Crippen LogP) is 12.4. The van der Waals surface area contributed by atoms with Crippen LogP contribution in [0.1, 0.15) is 248 Å². The van der Waals surface area contributed by atoms with Crippen molar-refractivity contribution in [2.24, 2.45) is 0 Å². The molecule has 4 unspecified atom stereocenters. The maximum absolute atomic E-state index is 4.38. The minimum atomic E-state index is 0.0685. The molecule has 5 heterocycles. The maximum atomic E-state index is 4.38. The number of hydrogen-bond donors (Lipinski definition) is 4. The molecule has 8 bridgehead atoms. The molecule has 4 nitrogen and oxygen atoms in total. The first-order chi connectivity index (χ1) is 24.4. The molecule has 4 aliphatic carbocycles. The zero-order valence-electron chi connectivity index (χ0n) is 34.8. The van der Waals surface area contributed by atoms with Crippen LogP contribution in [0.25, 0.3) is 0 Å². The minimum absolute atomic E-state index is 0.0685. The summed E-state index contributed by atoms with van der Waals surface area (Å²) in [6, 6.07) is 0. The van der Waals surface area contributed by atoms with Crippen molar-refractivity contribution in [3.05, 3.63) is 90.1 Å². The van der Waals surface area contributed by atoms with E-state index in [9.17, 15) is 0 Å². The molecule has 1 aliphatic heterocycles. The van der Waals surface area contributed by atoms with Crippen LogP contribution in [0, 0.1) is 0 Å². The number of fused-ring (bicyclic) bond motifs is 8. The topological polar surface area (TPSA) is 63.2 Å². The third-order valence-corrected chi connectivity index (χ3v) is 14.1. The van der Waals surface area contributed by atoms with Crippen molar-refractivity contribution in [2.45, 2.75) is 205 Å². The average molecular weight is 701 g/mol. The highest BCUT2D eigenvalue weighted by molar-refractivity contribution is 5.59. The van der Waals surface area contributed by atoms with Crippen LogP contribution in [0.3, 0.4) is 0 Å². The van der Waals surface area contributed by atoms with E-state index in [1.54, 1.807) is 44.5 Å². The molecule has 5 aliphatic rings. The van der Waals surface area contributed by atoms with Crippen LogP contribution in [0.2, 0.25) is 0 Å². The Morgan fingerprint density at radius 2 is 0.500 bits per heavy atom. The standard InChI is InChI=1S/C48H68N4/c1-45(2,3)33-25-17-13-22-30-37(25)49-41(33)29-21-14-18-26-34(46(4,5)6)43(50-38(26)29)31-23-16-20-28-36(48(10,11)12)44(52-40(28)31)32-24-15-19-27-35(47(7,8)9)42(30)51-39(27)32/h29-32,49-52H,13-24H2,1-12H3. The van der Waals surface area contributed by atoms with Crippen LogP contribution < -0.4 is 0 Å². The first-order valence-corrected chi connectivity index (χ1v) is 21.4. The fourth-order valence-electron chi connectivity index (χ4n) is 12.7. The Hall–Kier alpha value is -2.88. The summed E-state index contributed by atoms with van der Waals surface area (Å²) in [5.74, 6) is 1.51. The van der Waals surface area contributed by atoms with Gasteiger partial charge in [-0.2, -0.15) is 0 Å². The summed E-state index contributed by atoms with van der Waals surface area (Å²) >= 11 is 0. The summed E-state index contributed by atoms with van der Waals surface area (Å²) in [6.45, 7) is 29.8. The predicted molar refractivity (Wildman–Crippen MR) is 217 cm³/mol. The summed E-state index contributed by atoms with van der Waals surface area (Å²) in [7, 11) is 0. The number of rotatable bonds is 0. The van der Waals surface area contributed by atoms with Gasteiger partial charge in [-0.15, -0.1) is 0 Å². The average Bonchev–Trinajstić information content (AvgIpc) is 3.81. The van der Waals surface area contributed by atoms with Crippen molar-refractivity contribution < 1.29 is 0 Å². The first-order valence-electron chi connectivity index (χ1n) is 21.4. The first kappa shape index (κ1) is 34.9. The molecule has 4 atom stereocenters. The summed E-state index contributed by atoms with van der Waals surface area (Å²) in [5, 5.41) is 0. The fraction of sp³-hybridized carbons (Fsp3) is 0.667. The van der Waals surface area contributed by atoms with Gasteiger partial charge in [0.2, 0.25) is 0 Å². The molecule has 4 aromatic heterocycles. The Morgan fingerprint density at radius 1 is 0.308 bits per heavy atom. The second-order valence-corrected chi connectivity index (χ2v) is 22.0. The molecular formula is C48H68N4. The highest BCUT2D eigenvalue weighted by atomic mass is 14.9. The Bertz CT molecular complexity index is 1760. The van der Waals surface area contributed by atoms with E-state index in [1.165, 1.54) is 123 Å². The Kier molecular flexibility index (Phi) is 7.59. The lowest BCUT2D eigenvalue weighted by Gasteiger charge is -2.31. The number of H-pyrrole nitrogens is 4. The van der Waals surface area contributed by atoms with Crippen molar-refractivity contribution in [3.8, 4) is 0 Å². The van der Waals surface area contributed by atoms with Gasteiger partial charge >= 0.3 is 0 Å². The van der Waals surface area contributed by atoms with Crippen molar-refractivity contribution in [3.63, 3.8) is 0 Å². The second-order valence-electron chi connectivity index (χ2n) is 22.0. The molecule has 0 amide bonds. The van der Waals surface area contributed by atoms with Gasteiger partial charge in [0.25, 0.3) is 0 Å². The zero-order chi connectivity index (χ0) is 36.9. The Balaban J connectivity index is 1.42. The zero-order valence-corrected chi connectivity index (χ0v) is 34.8. The molecule has 4 N–H and O–H groups in total. The van der Waals surface area contributed by atoms with Gasteiger partial charge in [-0.3, -0.25) is 0 Å². The SMILES string of the molecule is CC(C)(C)c1c2[nH]c3c1CCCC3c1[nH]c3c(c1C(C)(C)C)CCCC3c1[nH]c3c(c1C(C)(C)C)CCCC3c1[nH]c3c(c1C(C)(C)C)CCCC32. The molecule has 0 fully saturated rings. The van der Waals surface area contributed by atoms with Crippen LogP contribution >= 0.6 is 0 Å². The number of nitrogens with one attached hydrogen (secondary N) is 4. The molecule has 0 aromatic carbocycles. The third kappa shape index (κ3) is 5.03. The molecular weight excluding hydrogens is 633 g/mol. The highest BCUT2D eigenvalue weighted by Gasteiger charge is 2.45. The van der Waals surface area contributed by atoms with Gasteiger partial charge in [0.15, 0.2) is 0 Å². The van der Waals surface area contributed by atoms with Crippen LogP contribution in [0.4, 0.5) is 0 Å². The fourth-order valence-corrected chi connectivity index (χ4v) is 12.7. The Labute approximate surface area is 314 Å². The summed E-state index contributed by atoms with van der Waals surface area (Å²) in [4.78, 5) is 17.5. The summed E-state index contributed by atoms with van der Waals surface area (Å²) < 4.78 is 0. The van der Waals surface area contributed by atoms with Gasteiger partial charge in [0.05, 0.1) is 0 Å². The molecule has 0 saturated carbocycles. The van der Waals surface area contributed by atoms with Gasteiger partial charge in [-0.05, 0) is 143 Å². The lowest BCUT2D eigenvalue weighted by atomic mass is 9.71. The van der Waals surface area contributed by atoms with Crippen molar-refractivity contribution in [2.75, 3.05) is 0 Å². The van der Waals surface area contributed by atoms with E-state index in [0.29, 0.717) is 23.7 Å². The van der Waals surface area contributed by atoms with Gasteiger partial charge in [0, 0.05) is 69.2 Å². The largest absolute Gasteiger partial charge is 0.361 e. The van der Waals surface area contributed by atoms with E-state index >= 15 is 0 Å². The van der Waals surface area contributed by atoms with Gasteiger partial charge < -0.3 is 19.9 Å². The van der Waals surface area contributed by atoms with E-state index in [4.69, 9.17) is 0 Å². The normalized spacial score (nSPS) is 24.4. The quantitative estimate of drug-likeness (QED) is 0.141. The van der Waals surface area contributed by atoms with E-state index in [1.807, 2.05) is 0 Å². The second kappa shape index (κ2) is 11.3. The monoisotopic (exact) mass is 701 g/mol. The molecule has 4 aromatic rings. The molecule has 0 saturated heterocycles. The lowest BCUT2D eigenvalue weighted by molar-refractivity contribution is 0.528. The van der Waals surface area contributed by atoms with Crippen LogP contribution in [0.15, 0.2) is 0 Å². The Morgan fingerprint density at radius 3 is 0.673 bits per heavy atom. The van der Waals surface area contributed by atoms with Crippen molar-refractivity contribution in [1.29, 1.82) is 0 Å². The maximum Gasteiger partial charge on any atom is 0.0398 e. The molecule has 4 heteroatoms. The molecule has 9 rings (SSSR count). The summed E-state index contributed by atoms with van der Waals surface area (Å²) in [5.41, 5.74) is 25.6. The van der Waals surface area contributed by atoms with Gasteiger partial charge in [-0.1, -0.05) is 83.1 Å². The number of aromatic amines is 4. The van der Waals surface area contributed by atoms with Crippen molar-refractivity contribution >= 4 is 0 Å². The number of aromatic nitrogens is 4. The van der Waals surface area contributed by atoms with Crippen LogP contribution in [-0.4, -0.2) is 19.9 Å². The third-order valence-electron chi connectivity index (χ3n) is 14.1. The van der Waals surface area contributed by atoms with Gasteiger partial charge in [0.1, 0.15) is 0 Å². The van der Waals surface area contributed by atoms with E-state index in [-0.39, 0.29) is 21.7 Å². The molecule has 280 valence electrons. The summed E-state index contributed by atoms with van der Waals surface area (Å²) in [6.07, 6.45) is 14.6.